The lowest BCUT2D eigenvalue weighted by molar-refractivity contribution is -0.0831. The predicted molar refractivity (Wildman–Crippen MR) is 90.7 cm³/mol. The molecule has 2 nitrogen and oxygen atoms in total. The molecule has 1 aromatic heterocycles. The molecule has 2 heterocycles. The molecule has 120 valence electrons. The molecular formula is C18H30O2S. The van der Waals surface area contributed by atoms with Crippen LogP contribution < -0.4 is 9.47 Å². The Morgan fingerprint density at radius 2 is 1.57 bits per heavy atom. The van der Waals surface area contributed by atoms with E-state index in [-0.39, 0.29) is 11.7 Å². The van der Waals surface area contributed by atoms with Crippen LogP contribution in [0.4, 0.5) is 0 Å². The number of ether oxygens (including phenoxy) is 2. The van der Waals surface area contributed by atoms with Crippen molar-refractivity contribution in [2.75, 3.05) is 0 Å². The summed E-state index contributed by atoms with van der Waals surface area (Å²) in [4.78, 5) is 0. The summed E-state index contributed by atoms with van der Waals surface area (Å²) in [6, 6.07) is 0. The van der Waals surface area contributed by atoms with Crippen LogP contribution in [-0.4, -0.2) is 11.7 Å². The molecule has 3 heteroatoms. The van der Waals surface area contributed by atoms with Crippen LogP contribution in [0.25, 0.3) is 0 Å². The van der Waals surface area contributed by atoms with Crippen molar-refractivity contribution in [1.82, 2.24) is 0 Å². The smallest absolute Gasteiger partial charge is 0.172 e. The van der Waals surface area contributed by atoms with Gasteiger partial charge in [0.25, 0.3) is 0 Å². The molecule has 0 saturated heterocycles. The van der Waals surface area contributed by atoms with Crippen LogP contribution in [0.2, 0.25) is 0 Å². The number of hydrogen-bond donors (Lipinski definition) is 0. The Kier molecular flexibility index (Phi) is 6.40. The van der Waals surface area contributed by atoms with E-state index in [0.29, 0.717) is 0 Å². The van der Waals surface area contributed by atoms with Crippen LogP contribution in [0.1, 0.15) is 78.6 Å². The molecular weight excluding hydrogens is 280 g/mol. The van der Waals surface area contributed by atoms with E-state index in [9.17, 15) is 0 Å². The summed E-state index contributed by atoms with van der Waals surface area (Å²) < 4.78 is 12.9. The Labute approximate surface area is 133 Å². The predicted octanol–water partition coefficient (Wildman–Crippen LogP) is 6.20. The van der Waals surface area contributed by atoms with Gasteiger partial charge in [0, 0.05) is 10.8 Å². The summed E-state index contributed by atoms with van der Waals surface area (Å²) in [6.07, 6.45) is 10.9. The van der Waals surface area contributed by atoms with Crippen LogP contribution in [0.3, 0.4) is 0 Å². The first-order valence-corrected chi connectivity index (χ1v) is 9.61. The zero-order valence-electron chi connectivity index (χ0n) is 13.8. The quantitative estimate of drug-likeness (QED) is 0.541. The van der Waals surface area contributed by atoms with Gasteiger partial charge in [0.1, 0.15) is 11.7 Å². The van der Waals surface area contributed by atoms with Gasteiger partial charge in [-0.15, -0.1) is 11.3 Å². The Hall–Kier alpha value is -0.700. The van der Waals surface area contributed by atoms with Gasteiger partial charge in [-0.3, -0.25) is 0 Å². The molecule has 0 aliphatic carbocycles. The van der Waals surface area contributed by atoms with E-state index in [4.69, 9.17) is 9.47 Å². The van der Waals surface area contributed by atoms with Gasteiger partial charge >= 0.3 is 0 Å². The number of rotatable bonds is 9. The second-order valence-electron chi connectivity index (χ2n) is 6.22. The molecule has 0 amide bonds. The molecule has 21 heavy (non-hydrogen) atoms. The van der Waals surface area contributed by atoms with E-state index in [0.717, 1.165) is 30.8 Å². The molecule has 0 N–H and O–H groups in total. The second kappa shape index (κ2) is 8.07. The van der Waals surface area contributed by atoms with E-state index in [1.54, 1.807) is 11.3 Å². The third kappa shape index (κ3) is 3.94. The van der Waals surface area contributed by atoms with Gasteiger partial charge in [0.2, 0.25) is 0 Å². The van der Waals surface area contributed by atoms with Crippen LogP contribution in [0.5, 0.6) is 11.5 Å². The molecule has 0 spiro atoms. The van der Waals surface area contributed by atoms with Gasteiger partial charge in [0.05, 0.1) is 0 Å². The molecule has 0 saturated carbocycles. The van der Waals surface area contributed by atoms with E-state index >= 15 is 0 Å². The number of fused-ring (bicyclic) bond motifs is 1. The minimum Gasteiger partial charge on any atom is -0.481 e. The number of unbranched alkanes of at least 4 members (excludes halogenated alkanes) is 3. The maximum absolute atomic E-state index is 6.56. The highest BCUT2D eigenvalue weighted by Gasteiger charge is 2.45. The fourth-order valence-electron chi connectivity index (χ4n) is 3.19. The maximum atomic E-state index is 6.56. The van der Waals surface area contributed by atoms with E-state index in [2.05, 4.69) is 31.5 Å². The monoisotopic (exact) mass is 310 g/mol. The van der Waals surface area contributed by atoms with Crippen molar-refractivity contribution in [1.29, 1.82) is 0 Å². The van der Waals surface area contributed by atoms with Crippen LogP contribution in [0.15, 0.2) is 10.8 Å². The fourth-order valence-corrected chi connectivity index (χ4v) is 3.84. The molecule has 1 aliphatic rings. The topological polar surface area (TPSA) is 18.5 Å². The van der Waals surface area contributed by atoms with Crippen molar-refractivity contribution in [3.63, 3.8) is 0 Å². The largest absolute Gasteiger partial charge is 0.481 e. The van der Waals surface area contributed by atoms with Crippen LogP contribution >= 0.6 is 11.3 Å². The van der Waals surface area contributed by atoms with Gasteiger partial charge < -0.3 is 9.47 Å². The summed E-state index contributed by atoms with van der Waals surface area (Å²) >= 11 is 1.68. The summed E-state index contributed by atoms with van der Waals surface area (Å²) in [6.45, 7) is 6.77. The molecule has 1 aliphatic heterocycles. The van der Waals surface area contributed by atoms with E-state index in [1.165, 1.54) is 38.5 Å². The van der Waals surface area contributed by atoms with Gasteiger partial charge in [-0.05, 0) is 38.5 Å². The van der Waals surface area contributed by atoms with Crippen molar-refractivity contribution < 1.29 is 9.47 Å². The van der Waals surface area contributed by atoms with Crippen molar-refractivity contribution in [3.8, 4) is 11.5 Å². The highest BCUT2D eigenvalue weighted by molar-refractivity contribution is 7.08. The lowest BCUT2D eigenvalue weighted by Crippen LogP contribution is -2.52. The van der Waals surface area contributed by atoms with Gasteiger partial charge in [-0.2, -0.15) is 0 Å². The average molecular weight is 311 g/mol. The normalized spacial score (nSPS) is 19.7. The third-order valence-corrected chi connectivity index (χ3v) is 5.19. The summed E-state index contributed by atoms with van der Waals surface area (Å²) in [5, 5.41) is 4.18. The third-order valence-electron chi connectivity index (χ3n) is 4.49. The molecule has 0 aromatic carbocycles. The minimum atomic E-state index is -0.102. The van der Waals surface area contributed by atoms with Crippen molar-refractivity contribution >= 4 is 11.3 Å². The zero-order valence-corrected chi connectivity index (χ0v) is 14.6. The summed E-state index contributed by atoms with van der Waals surface area (Å²) in [5.74, 6) is 1.93. The summed E-state index contributed by atoms with van der Waals surface area (Å²) in [5.41, 5.74) is -0.102. The Morgan fingerprint density at radius 1 is 0.952 bits per heavy atom. The molecule has 2 rings (SSSR count). The first-order valence-electron chi connectivity index (χ1n) is 8.67. The van der Waals surface area contributed by atoms with Crippen molar-refractivity contribution in [2.45, 2.75) is 90.3 Å². The lowest BCUT2D eigenvalue weighted by atomic mass is 9.82. The SMILES string of the molecule is CCCCC1Oc2cscc2OC1(CCCC)CCCC. The molecule has 0 bridgehead atoms. The van der Waals surface area contributed by atoms with Crippen molar-refractivity contribution in [3.05, 3.63) is 10.8 Å². The van der Waals surface area contributed by atoms with Crippen LogP contribution in [0, 0.1) is 0 Å². The molecule has 0 fully saturated rings. The highest BCUT2D eigenvalue weighted by atomic mass is 32.1. The number of hydrogen-bond acceptors (Lipinski definition) is 3. The average Bonchev–Trinajstić information content (AvgIpc) is 2.95. The molecule has 1 atom stereocenters. The van der Waals surface area contributed by atoms with Gasteiger partial charge in [0.15, 0.2) is 11.5 Å². The summed E-state index contributed by atoms with van der Waals surface area (Å²) in [7, 11) is 0. The van der Waals surface area contributed by atoms with Crippen LogP contribution in [-0.2, 0) is 0 Å². The second-order valence-corrected chi connectivity index (χ2v) is 6.97. The number of thiophene rings is 1. The Bertz CT molecular complexity index is 405. The fraction of sp³-hybridized carbons (Fsp3) is 0.778. The first-order chi connectivity index (χ1) is 10.3. The van der Waals surface area contributed by atoms with E-state index in [1.807, 2.05) is 0 Å². The van der Waals surface area contributed by atoms with Gasteiger partial charge in [-0.1, -0.05) is 40.0 Å². The van der Waals surface area contributed by atoms with Crippen molar-refractivity contribution in [2.24, 2.45) is 0 Å². The lowest BCUT2D eigenvalue weighted by Gasteiger charge is -2.44. The maximum Gasteiger partial charge on any atom is 0.172 e. The Balaban J connectivity index is 2.21. The van der Waals surface area contributed by atoms with Gasteiger partial charge in [-0.25, -0.2) is 0 Å². The standard InChI is InChI=1S/C18H30O2S/c1-4-7-10-17-18(11-8-5-2,12-9-6-3)20-16-14-21-13-15(16)19-17/h13-14,17H,4-12H2,1-3H3. The minimum absolute atomic E-state index is 0.102. The Morgan fingerprint density at radius 3 is 2.19 bits per heavy atom. The zero-order chi connectivity index (χ0) is 15.1. The molecule has 1 unspecified atom stereocenters. The molecule has 0 radical (unpaired) electrons. The highest BCUT2D eigenvalue weighted by Crippen LogP contribution is 2.46. The molecule has 1 aromatic rings. The first kappa shape index (κ1) is 16.7. The van der Waals surface area contributed by atoms with E-state index < -0.39 is 0 Å².